The molecular formula is C25H24N4O5. The predicted molar refractivity (Wildman–Crippen MR) is 126 cm³/mol. The van der Waals surface area contributed by atoms with Crippen molar-refractivity contribution in [2.45, 2.75) is 19.8 Å². The van der Waals surface area contributed by atoms with Crippen molar-refractivity contribution in [2.24, 2.45) is 9.98 Å². The molecule has 1 aliphatic heterocycles. The summed E-state index contributed by atoms with van der Waals surface area (Å²) in [6.07, 6.45) is 1.32. The second kappa shape index (κ2) is 11.4. The van der Waals surface area contributed by atoms with E-state index in [1.165, 1.54) is 13.0 Å². The first-order valence-electron chi connectivity index (χ1n) is 10.5. The number of amides is 2. The highest BCUT2D eigenvalue weighted by molar-refractivity contribution is 6.40. The number of hydroxylamine groups is 1. The van der Waals surface area contributed by atoms with Gasteiger partial charge in [0.25, 0.3) is 11.8 Å². The fraction of sp³-hybridized carbons (Fsp3) is 0.160. The predicted octanol–water partition coefficient (Wildman–Crippen LogP) is 2.77. The van der Waals surface area contributed by atoms with E-state index in [4.69, 9.17) is 9.57 Å². The first kappa shape index (κ1) is 24.1. The molecule has 174 valence electrons. The highest BCUT2D eigenvalue weighted by Gasteiger charge is 2.25. The van der Waals surface area contributed by atoms with Crippen molar-refractivity contribution in [3.05, 3.63) is 95.1 Å². The van der Waals surface area contributed by atoms with Gasteiger partial charge in [-0.15, -0.1) is 0 Å². The summed E-state index contributed by atoms with van der Waals surface area (Å²) >= 11 is 0. The average Bonchev–Trinajstić information content (AvgIpc) is 3.34. The SMILES string of the molecule is C=NC(NC(=O)C(C)=NC(=O)C(c1ccccc1)c1ccccc1)=C1C=C(C(=O)OCC)ON1. The maximum Gasteiger partial charge on any atom is 0.377 e. The second-order valence-corrected chi connectivity index (χ2v) is 7.10. The van der Waals surface area contributed by atoms with E-state index < -0.39 is 23.7 Å². The number of carbonyl (C=O) groups is 3. The molecule has 0 saturated heterocycles. The minimum atomic E-state index is -0.670. The van der Waals surface area contributed by atoms with Crippen LogP contribution in [0.4, 0.5) is 0 Å². The number of hydrogen-bond acceptors (Lipinski definition) is 7. The van der Waals surface area contributed by atoms with Crippen LogP contribution in [-0.4, -0.2) is 36.8 Å². The van der Waals surface area contributed by atoms with Crippen LogP contribution >= 0.6 is 0 Å². The monoisotopic (exact) mass is 460 g/mol. The molecule has 0 atom stereocenters. The number of nitrogens with zero attached hydrogens (tertiary/aromatic N) is 2. The highest BCUT2D eigenvalue weighted by Crippen LogP contribution is 2.26. The smallest absolute Gasteiger partial charge is 0.377 e. The first-order chi connectivity index (χ1) is 16.4. The van der Waals surface area contributed by atoms with E-state index in [-0.39, 0.29) is 29.6 Å². The lowest BCUT2D eigenvalue weighted by Gasteiger charge is -2.15. The minimum Gasteiger partial charge on any atom is -0.460 e. The molecule has 9 heteroatoms. The molecule has 0 aromatic heterocycles. The lowest BCUT2D eigenvalue weighted by molar-refractivity contribution is -0.143. The Morgan fingerprint density at radius 2 is 1.65 bits per heavy atom. The molecule has 2 N–H and O–H groups in total. The topological polar surface area (TPSA) is 118 Å². The fourth-order valence-corrected chi connectivity index (χ4v) is 3.16. The third-order valence-electron chi connectivity index (χ3n) is 4.79. The van der Waals surface area contributed by atoms with Crippen molar-refractivity contribution < 1.29 is 24.0 Å². The Bertz CT molecular complexity index is 1130. The number of allylic oxidation sites excluding steroid dienone is 1. The number of esters is 1. The second-order valence-electron chi connectivity index (χ2n) is 7.10. The van der Waals surface area contributed by atoms with Gasteiger partial charge >= 0.3 is 5.97 Å². The van der Waals surface area contributed by atoms with Crippen LogP contribution in [-0.2, 0) is 24.0 Å². The normalized spacial score (nSPS) is 14.4. The van der Waals surface area contributed by atoms with E-state index >= 15 is 0 Å². The Morgan fingerprint density at radius 1 is 1.06 bits per heavy atom. The quantitative estimate of drug-likeness (QED) is 0.462. The molecule has 0 fully saturated rings. The van der Waals surface area contributed by atoms with Crippen LogP contribution in [0.2, 0.25) is 0 Å². The Morgan fingerprint density at radius 3 is 2.18 bits per heavy atom. The van der Waals surface area contributed by atoms with Gasteiger partial charge in [0.05, 0.1) is 12.5 Å². The van der Waals surface area contributed by atoms with Crippen LogP contribution in [0.3, 0.4) is 0 Å². The molecule has 1 heterocycles. The summed E-state index contributed by atoms with van der Waals surface area (Å²) in [6, 6.07) is 18.4. The molecule has 0 unspecified atom stereocenters. The molecule has 9 nitrogen and oxygen atoms in total. The molecule has 0 radical (unpaired) electrons. The van der Waals surface area contributed by atoms with Crippen molar-refractivity contribution in [3.63, 3.8) is 0 Å². The van der Waals surface area contributed by atoms with E-state index in [1.807, 2.05) is 60.7 Å². The van der Waals surface area contributed by atoms with Crippen LogP contribution in [0.1, 0.15) is 30.9 Å². The lowest BCUT2D eigenvalue weighted by Crippen LogP contribution is -2.31. The average molecular weight is 460 g/mol. The molecule has 2 amide bonds. The number of aliphatic imine (C=N–C) groups is 2. The Labute approximate surface area is 196 Å². The van der Waals surface area contributed by atoms with Crippen molar-refractivity contribution in [1.82, 2.24) is 10.8 Å². The van der Waals surface area contributed by atoms with Gasteiger partial charge in [-0.3, -0.25) is 9.59 Å². The molecule has 0 saturated carbocycles. The van der Waals surface area contributed by atoms with Crippen molar-refractivity contribution >= 4 is 30.2 Å². The molecular weight excluding hydrogens is 436 g/mol. The van der Waals surface area contributed by atoms with E-state index in [1.54, 1.807) is 6.92 Å². The summed E-state index contributed by atoms with van der Waals surface area (Å²) in [4.78, 5) is 50.5. The third-order valence-corrected chi connectivity index (χ3v) is 4.79. The summed E-state index contributed by atoms with van der Waals surface area (Å²) in [5.74, 6) is -2.59. The summed E-state index contributed by atoms with van der Waals surface area (Å²) in [7, 11) is 0. The number of benzene rings is 2. The van der Waals surface area contributed by atoms with Crippen molar-refractivity contribution in [3.8, 4) is 0 Å². The number of nitrogens with one attached hydrogen (secondary N) is 2. The number of ether oxygens (including phenoxy) is 1. The van der Waals surface area contributed by atoms with E-state index in [2.05, 4.69) is 27.5 Å². The Hall–Kier alpha value is -4.53. The maximum absolute atomic E-state index is 13.1. The number of rotatable bonds is 8. The summed E-state index contributed by atoms with van der Waals surface area (Å²) in [5, 5.41) is 2.51. The van der Waals surface area contributed by atoms with Gasteiger partial charge in [-0.2, -0.15) is 0 Å². The molecule has 0 spiro atoms. The maximum atomic E-state index is 13.1. The van der Waals surface area contributed by atoms with E-state index in [0.29, 0.717) is 0 Å². The van der Waals surface area contributed by atoms with Crippen LogP contribution in [0.25, 0.3) is 0 Å². The molecule has 2 aromatic carbocycles. The molecule has 34 heavy (non-hydrogen) atoms. The number of carbonyl (C=O) groups excluding carboxylic acids is 3. The lowest BCUT2D eigenvalue weighted by atomic mass is 9.90. The van der Waals surface area contributed by atoms with Gasteiger partial charge < -0.3 is 14.9 Å². The zero-order valence-electron chi connectivity index (χ0n) is 18.8. The van der Waals surface area contributed by atoms with Crippen LogP contribution < -0.4 is 10.8 Å². The van der Waals surface area contributed by atoms with Gasteiger partial charge in [0.1, 0.15) is 11.4 Å². The van der Waals surface area contributed by atoms with Gasteiger partial charge in [0.2, 0.25) is 5.76 Å². The summed E-state index contributed by atoms with van der Waals surface area (Å²) < 4.78 is 4.86. The van der Waals surface area contributed by atoms with Crippen LogP contribution in [0.15, 0.2) is 94.0 Å². The summed E-state index contributed by atoms with van der Waals surface area (Å²) in [5.41, 5.74) is 4.11. The van der Waals surface area contributed by atoms with Gasteiger partial charge in [-0.1, -0.05) is 60.7 Å². The van der Waals surface area contributed by atoms with Crippen LogP contribution in [0.5, 0.6) is 0 Å². The van der Waals surface area contributed by atoms with Gasteiger partial charge in [0.15, 0.2) is 5.82 Å². The largest absolute Gasteiger partial charge is 0.460 e. The van der Waals surface area contributed by atoms with Gasteiger partial charge in [0, 0.05) is 6.08 Å². The molecule has 0 aliphatic carbocycles. The van der Waals surface area contributed by atoms with E-state index in [9.17, 15) is 14.4 Å². The Balaban J connectivity index is 1.81. The van der Waals surface area contributed by atoms with Gasteiger partial charge in [-0.25, -0.2) is 20.3 Å². The highest BCUT2D eigenvalue weighted by atomic mass is 16.7. The number of hydrogen-bond donors (Lipinski definition) is 2. The van der Waals surface area contributed by atoms with Crippen LogP contribution in [0, 0.1) is 0 Å². The minimum absolute atomic E-state index is 0.00559. The zero-order valence-corrected chi connectivity index (χ0v) is 18.8. The third kappa shape index (κ3) is 5.83. The van der Waals surface area contributed by atoms with E-state index in [0.717, 1.165) is 11.1 Å². The fourth-order valence-electron chi connectivity index (χ4n) is 3.16. The van der Waals surface area contributed by atoms with Crippen molar-refractivity contribution in [1.29, 1.82) is 0 Å². The first-order valence-corrected chi connectivity index (χ1v) is 10.5. The zero-order chi connectivity index (χ0) is 24.5. The Kier molecular flexibility index (Phi) is 8.07. The standard InChI is InChI=1S/C25H24N4O5/c1-4-33-25(32)20-15-19(29-34-20)22(26-3)28-23(30)16(2)27-24(31)21(17-11-7-5-8-12-17)18-13-9-6-10-14-18/h5-15,21,29H,3-4H2,1-2H3,(H,28,30). The van der Waals surface area contributed by atoms with Gasteiger partial charge in [-0.05, 0) is 31.7 Å². The van der Waals surface area contributed by atoms with Crippen molar-refractivity contribution in [2.75, 3.05) is 6.61 Å². The molecule has 3 rings (SSSR count). The molecule has 0 bridgehead atoms. The molecule has 1 aliphatic rings. The summed E-state index contributed by atoms with van der Waals surface area (Å²) in [6.45, 7) is 6.69. The molecule has 2 aromatic rings.